The molecule has 3 aromatic carbocycles. The summed E-state index contributed by atoms with van der Waals surface area (Å²) in [4.78, 5) is 16.6. The molecular weight excluding hydrogens is 344 g/mol. The van der Waals surface area contributed by atoms with Gasteiger partial charge >= 0.3 is 5.97 Å². The fourth-order valence-corrected chi connectivity index (χ4v) is 2.87. The number of esters is 1. The molecule has 0 saturated carbocycles. The summed E-state index contributed by atoms with van der Waals surface area (Å²) in [6.45, 7) is 1.78. The third-order valence-corrected chi connectivity index (χ3v) is 4.30. The topological polar surface area (TPSA) is 85.5 Å². The average Bonchev–Trinajstić information content (AvgIpc) is 3.16. The van der Waals surface area contributed by atoms with Crippen molar-refractivity contribution in [3.63, 3.8) is 0 Å². The van der Waals surface area contributed by atoms with Crippen molar-refractivity contribution in [3.05, 3.63) is 77.7 Å². The van der Waals surface area contributed by atoms with Gasteiger partial charge in [0.25, 0.3) is 5.89 Å². The van der Waals surface area contributed by atoms with Crippen molar-refractivity contribution >= 4 is 16.7 Å². The fourth-order valence-electron chi connectivity index (χ4n) is 2.87. The van der Waals surface area contributed by atoms with Gasteiger partial charge in [0, 0.05) is 10.9 Å². The summed E-state index contributed by atoms with van der Waals surface area (Å²) in [6.07, 6.45) is 0. The molecule has 0 radical (unpaired) electrons. The maximum absolute atomic E-state index is 12.3. The Morgan fingerprint density at radius 3 is 2.70 bits per heavy atom. The molecule has 0 fully saturated rings. The second-order valence-corrected chi connectivity index (χ2v) is 6.09. The number of nitrogens with zero attached hydrogens (tertiary/aromatic N) is 2. The van der Waals surface area contributed by atoms with E-state index in [1.165, 1.54) is 6.07 Å². The smallest absolute Gasteiger partial charge is 0.342 e. The molecule has 6 heteroatoms. The van der Waals surface area contributed by atoms with Gasteiger partial charge in [-0.05, 0) is 23.9 Å². The van der Waals surface area contributed by atoms with Crippen LogP contribution >= 0.6 is 0 Å². The molecule has 4 aromatic rings. The van der Waals surface area contributed by atoms with Crippen LogP contribution in [0.4, 0.5) is 0 Å². The Hall–Kier alpha value is -3.67. The van der Waals surface area contributed by atoms with Crippen molar-refractivity contribution in [2.45, 2.75) is 13.5 Å². The third-order valence-electron chi connectivity index (χ3n) is 4.30. The van der Waals surface area contributed by atoms with E-state index >= 15 is 0 Å². The number of phenolic OH excluding ortho intramolecular Hbond substituents is 1. The molecule has 0 unspecified atom stereocenters. The molecule has 27 heavy (non-hydrogen) atoms. The van der Waals surface area contributed by atoms with Gasteiger partial charge in [0.2, 0.25) is 5.82 Å². The number of benzene rings is 3. The largest absolute Gasteiger partial charge is 0.506 e. The van der Waals surface area contributed by atoms with Crippen LogP contribution in [-0.2, 0) is 11.3 Å². The highest BCUT2D eigenvalue weighted by atomic mass is 16.6. The number of aromatic hydroxyl groups is 1. The van der Waals surface area contributed by atoms with Crippen molar-refractivity contribution in [2.75, 3.05) is 0 Å². The maximum Gasteiger partial charge on any atom is 0.342 e. The molecule has 0 bridgehead atoms. The molecule has 0 spiro atoms. The van der Waals surface area contributed by atoms with Crippen LogP contribution in [0.1, 0.15) is 21.8 Å². The number of hydrogen-bond donors (Lipinski definition) is 1. The van der Waals surface area contributed by atoms with Gasteiger partial charge in [-0.3, -0.25) is 0 Å². The Bertz CT molecular complexity index is 1130. The van der Waals surface area contributed by atoms with Crippen molar-refractivity contribution in [3.8, 4) is 17.1 Å². The normalized spacial score (nSPS) is 10.9. The molecule has 0 aliphatic rings. The summed E-state index contributed by atoms with van der Waals surface area (Å²) in [7, 11) is 0. The van der Waals surface area contributed by atoms with Crippen molar-refractivity contribution in [1.82, 2.24) is 10.1 Å². The van der Waals surface area contributed by atoms with E-state index in [1.807, 2.05) is 43.3 Å². The molecule has 6 nitrogen and oxygen atoms in total. The third kappa shape index (κ3) is 3.25. The SMILES string of the molecule is Cc1ccccc1-c1noc(COC(=O)c2ccc3ccccc3c2O)n1. The molecule has 0 aliphatic carbocycles. The molecule has 0 atom stereocenters. The first-order valence-corrected chi connectivity index (χ1v) is 8.40. The molecular formula is C21H16N2O4. The standard InChI is InChI=1S/C21H16N2O4/c1-13-6-2-4-8-15(13)20-22-18(27-23-20)12-26-21(25)17-11-10-14-7-3-5-9-16(14)19(17)24/h2-11,24H,12H2,1H3. The first-order chi connectivity index (χ1) is 13.1. The number of aryl methyl sites for hydroxylation is 1. The van der Waals surface area contributed by atoms with E-state index in [0.29, 0.717) is 11.2 Å². The van der Waals surface area contributed by atoms with Gasteiger partial charge in [-0.15, -0.1) is 0 Å². The zero-order chi connectivity index (χ0) is 18.8. The van der Waals surface area contributed by atoms with Gasteiger partial charge < -0.3 is 14.4 Å². The number of rotatable bonds is 4. The molecule has 0 saturated heterocycles. The summed E-state index contributed by atoms with van der Waals surface area (Å²) in [6, 6.07) is 18.2. The molecule has 134 valence electrons. The molecule has 1 aromatic heterocycles. The van der Waals surface area contributed by atoms with Gasteiger partial charge in [0.1, 0.15) is 11.3 Å². The fraction of sp³-hybridized carbons (Fsp3) is 0.0952. The van der Waals surface area contributed by atoms with E-state index < -0.39 is 5.97 Å². The predicted octanol–water partition coefficient (Wildman–Crippen LogP) is 4.26. The Kier molecular flexibility index (Phi) is 4.30. The summed E-state index contributed by atoms with van der Waals surface area (Å²) in [5.74, 6) is -0.146. The number of aromatic nitrogens is 2. The predicted molar refractivity (Wildman–Crippen MR) is 99.2 cm³/mol. The first kappa shape index (κ1) is 16.8. The maximum atomic E-state index is 12.3. The lowest BCUT2D eigenvalue weighted by Crippen LogP contribution is -2.06. The minimum atomic E-state index is -0.658. The number of fused-ring (bicyclic) bond motifs is 1. The van der Waals surface area contributed by atoms with E-state index in [9.17, 15) is 9.90 Å². The van der Waals surface area contributed by atoms with Crippen LogP contribution in [0.15, 0.2) is 65.2 Å². The van der Waals surface area contributed by atoms with Gasteiger partial charge in [0.15, 0.2) is 6.61 Å². The van der Waals surface area contributed by atoms with Crippen LogP contribution in [0.2, 0.25) is 0 Å². The van der Waals surface area contributed by atoms with Gasteiger partial charge in [-0.25, -0.2) is 4.79 Å². The number of carbonyl (C=O) groups is 1. The molecule has 1 heterocycles. The molecule has 0 aliphatic heterocycles. The van der Waals surface area contributed by atoms with Gasteiger partial charge in [-0.1, -0.05) is 59.8 Å². The first-order valence-electron chi connectivity index (χ1n) is 8.40. The van der Waals surface area contributed by atoms with E-state index in [4.69, 9.17) is 9.26 Å². The Morgan fingerprint density at radius 1 is 1.07 bits per heavy atom. The monoisotopic (exact) mass is 360 g/mol. The number of ether oxygens (including phenoxy) is 1. The van der Waals surface area contributed by atoms with Crippen LogP contribution in [-0.4, -0.2) is 21.2 Å². The molecule has 0 amide bonds. The van der Waals surface area contributed by atoms with E-state index in [0.717, 1.165) is 16.5 Å². The minimum absolute atomic E-state index is 0.0901. The summed E-state index contributed by atoms with van der Waals surface area (Å²) >= 11 is 0. The summed E-state index contributed by atoms with van der Waals surface area (Å²) < 4.78 is 10.4. The van der Waals surface area contributed by atoms with E-state index in [2.05, 4.69) is 10.1 Å². The van der Waals surface area contributed by atoms with Gasteiger partial charge in [0.05, 0.1) is 0 Å². The van der Waals surface area contributed by atoms with Crippen LogP contribution < -0.4 is 0 Å². The minimum Gasteiger partial charge on any atom is -0.506 e. The second kappa shape index (κ2) is 6.92. The highest BCUT2D eigenvalue weighted by molar-refractivity contribution is 6.01. The molecule has 1 N–H and O–H groups in total. The van der Waals surface area contributed by atoms with Crippen LogP contribution in [0.5, 0.6) is 5.75 Å². The van der Waals surface area contributed by atoms with E-state index in [-0.39, 0.29) is 23.8 Å². The molecule has 4 rings (SSSR count). The van der Waals surface area contributed by atoms with E-state index in [1.54, 1.807) is 18.2 Å². The quantitative estimate of drug-likeness (QED) is 0.547. The average molecular weight is 360 g/mol. The Balaban J connectivity index is 1.50. The van der Waals surface area contributed by atoms with Crippen molar-refractivity contribution < 1.29 is 19.2 Å². The Morgan fingerprint density at radius 2 is 1.85 bits per heavy atom. The lowest BCUT2D eigenvalue weighted by atomic mass is 10.1. The lowest BCUT2D eigenvalue weighted by molar-refractivity contribution is 0.0427. The number of phenols is 1. The van der Waals surface area contributed by atoms with Crippen molar-refractivity contribution in [2.24, 2.45) is 0 Å². The number of carbonyl (C=O) groups excluding carboxylic acids is 1. The zero-order valence-electron chi connectivity index (χ0n) is 14.5. The Labute approximate surface area is 155 Å². The zero-order valence-corrected chi connectivity index (χ0v) is 14.5. The highest BCUT2D eigenvalue weighted by Gasteiger charge is 2.17. The van der Waals surface area contributed by atoms with Crippen LogP contribution in [0, 0.1) is 6.92 Å². The van der Waals surface area contributed by atoms with Crippen LogP contribution in [0.25, 0.3) is 22.2 Å². The summed E-state index contributed by atoms with van der Waals surface area (Å²) in [5.41, 5.74) is 1.96. The number of hydrogen-bond acceptors (Lipinski definition) is 6. The summed E-state index contributed by atoms with van der Waals surface area (Å²) in [5, 5.41) is 15.7. The van der Waals surface area contributed by atoms with Crippen LogP contribution in [0.3, 0.4) is 0 Å². The lowest BCUT2D eigenvalue weighted by Gasteiger charge is -2.07. The second-order valence-electron chi connectivity index (χ2n) is 6.09. The van der Waals surface area contributed by atoms with Gasteiger partial charge in [-0.2, -0.15) is 4.98 Å². The highest BCUT2D eigenvalue weighted by Crippen LogP contribution is 2.29. The van der Waals surface area contributed by atoms with Crippen molar-refractivity contribution in [1.29, 1.82) is 0 Å².